The Kier molecular flexibility index (Phi) is 26.1. The molecule has 0 spiro atoms. The van der Waals surface area contributed by atoms with Crippen molar-refractivity contribution in [2.45, 2.75) is 117 Å². The Balaban J connectivity index is 3.13. The SMILES string of the molecule is CCCCCCCCCCOCCOCCOCCCC(=O)OCCCCCCC(C)C. The van der Waals surface area contributed by atoms with E-state index >= 15 is 0 Å². The van der Waals surface area contributed by atoms with Crippen molar-refractivity contribution in [3.05, 3.63) is 0 Å². The van der Waals surface area contributed by atoms with Gasteiger partial charge in [-0.05, 0) is 25.2 Å². The molecule has 0 radical (unpaired) electrons. The average molecular weight is 459 g/mol. The third-order valence-corrected chi connectivity index (χ3v) is 5.49. The molecule has 0 fully saturated rings. The lowest BCUT2D eigenvalue weighted by Gasteiger charge is -2.08. The smallest absolute Gasteiger partial charge is 0.305 e. The predicted molar refractivity (Wildman–Crippen MR) is 133 cm³/mol. The summed E-state index contributed by atoms with van der Waals surface area (Å²) in [5.41, 5.74) is 0. The number of carbonyl (C=O) groups is 1. The van der Waals surface area contributed by atoms with Crippen molar-refractivity contribution in [1.29, 1.82) is 0 Å². The van der Waals surface area contributed by atoms with Crippen LogP contribution in [0, 0.1) is 5.92 Å². The Labute approximate surface area is 199 Å². The van der Waals surface area contributed by atoms with Gasteiger partial charge in [-0.15, -0.1) is 0 Å². The van der Waals surface area contributed by atoms with E-state index in [0.717, 1.165) is 31.8 Å². The number of hydrogen-bond acceptors (Lipinski definition) is 5. The lowest BCUT2D eigenvalue weighted by atomic mass is 10.0. The highest BCUT2D eigenvalue weighted by Crippen LogP contribution is 2.10. The number of ether oxygens (including phenoxy) is 4. The third-order valence-electron chi connectivity index (χ3n) is 5.49. The molecule has 0 N–H and O–H groups in total. The molecule has 0 atom stereocenters. The zero-order valence-electron chi connectivity index (χ0n) is 21.7. The zero-order valence-corrected chi connectivity index (χ0v) is 21.7. The van der Waals surface area contributed by atoms with Crippen molar-refractivity contribution in [2.75, 3.05) is 46.2 Å². The van der Waals surface area contributed by atoms with Crippen LogP contribution in [0.15, 0.2) is 0 Å². The number of unbranched alkanes of at least 4 members (excludes halogenated alkanes) is 10. The van der Waals surface area contributed by atoms with Gasteiger partial charge in [0.05, 0.1) is 33.0 Å². The number of hydrogen-bond donors (Lipinski definition) is 0. The topological polar surface area (TPSA) is 54.0 Å². The second-order valence-corrected chi connectivity index (χ2v) is 9.23. The van der Waals surface area contributed by atoms with Crippen LogP contribution in [-0.4, -0.2) is 52.2 Å². The molecule has 0 unspecified atom stereocenters. The molecule has 0 aromatic carbocycles. The van der Waals surface area contributed by atoms with E-state index in [9.17, 15) is 4.79 Å². The Hall–Kier alpha value is -0.650. The molecule has 0 amide bonds. The molecule has 192 valence electrons. The molecule has 5 heteroatoms. The average Bonchev–Trinajstić information content (AvgIpc) is 2.77. The lowest BCUT2D eigenvalue weighted by Crippen LogP contribution is -2.11. The fraction of sp³-hybridized carbons (Fsp3) is 0.963. The van der Waals surface area contributed by atoms with E-state index in [2.05, 4.69) is 20.8 Å². The van der Waals surface area contributed by atoms with Crippen LogP contribution in [0.3, 0.4) is 0 Å². The molecule has 0 aliphatic rings. The van der Waals surface area contributed by atoms with Gasteiger partial charge in [-0.1, -0.05) is 91.4 Å². The molecular weight excluding hydrogens is 404 g/mol. The summed E-state index contributed by atoms with van der Waals surface area (Å²) >= 11 is 0. The van der Waals surface area contributed by atoms with Crippen LogP contribution < -0.4 is 0 Å². The van der Waals surface area contributed by atoms with Crippen molar-refractivity contribution < 1.29 is 23.7 Å². The first-order chi connectivity index (χ1) is 15.7. The van der Waals surface area contributed by atoms with Crippen molar-refractivity contribution in [3.63, 3.8) is 0 Å². The fourth-order valence-corrected chi connectivity index (χ4v) is 3.46. The van der Waals surface area contributed by atoms with E-state index in [1.165, 1.54) is 64.2 Å². The molecule has 0 rings (SSSR count). The van der Waals surface area contributed by atoms with Gasteiger partial charge >= 0.3 is 5.97 Å². The van der Waals surface area contributed by atoms with Gasteiger partial charge in [0.15, 0.2) is 0 Å². The van der Waals surface area contributed by atoms with Gasteiger partial charge in [0.25, 0.3) is 0 Å². The molecule has 0 aliphatic carbocycles. The molecule has 5 nitrogen and oxygen atoms in total. The maximum absolute atomic E-state index is 11.7. The van der Waals surface area contributed by atoms with Crippen molar-refractivity contribution >= 4 is 5.97 Å². The monoisotopic (exact) mass is 458 g/mol. The summed E-state index contributed by atoms with van der Waals surface area (Å²) in [4.78, 5) is 11.7. The first-order valence-corrected chi connectivity index (χ1v) is 13.6. The van der Waals surface area contributed by atoms with Gasteiger partial charge in [0, 0.05) is 19.6 Å². The van der Waals surface area contributed by atoms with Gasteiger partial charge in [0.1, 0.15) is 0 Å². The first kappa shape index (κ1) is 31.4. The first-order valence-electron chi connectivity index (χ1n) is 13.6. The fourth-order valence-electron chi connectivity index (χ4n) is 3.46. The molecule has 0 aliphatic heterocycles. The lowest BCUT2D eigenvalue weighted by molar-refractivity contribution is -0.144. The summed E-state index contributed by atoms with van der Waals surface area (Å²) in [7, 11) is 0. The van der Waals surface area contributed by atoms with Crippen LogP contribution in [0.2, 0.25) is 0 Å². The van der Waals surface area contributed by atoms with Crippen LogP contribution in [0.25, 0.3) is 0 Å². The van der Waals surface area contributed by atoms with Gasteiger partial charge in [-0.3, -0.25) is 4.79 Å². The van der Waals surface area contributed by atoms with Gasteiger partial charge in [-0.25, -0.2) is 0 Å². The second-order valence-electron chi connectivity index (χ2n) is 9.23. The molecule has 0 bridgehead atoms. The van der Waals surface area contributed by atoms with Crippen LogP contribution >= 0.6 is 0 Å². The summed E-state index contributed by atoms with van der Waals surface area (Å²) in [6.45, 7) is 11.1. The predicted octanol–water partition coefficient (Wildman–Crippen LogP) is 7.11. The molecule has 0 aromatic rings. The van der Waals surface area contributed by atoms with Crippen LogP contribution in [0.4, 0.5) is 0 Å². The van der Waals surface area contributed by atoms with E-state index in [-0.39, 0.29) is 5.97 Å². The number of esters is 1. The minimum atomic E-state index is -0.110. The quantitative estimate of drug-likeness (QED) is 0.102. The highest BCUT2D eigenvalue weighted by molar-refractivity contribution is 5.69. The van der Waals surface area contributed by atoms with E-state index in [0.29, 0.717) is 52.5 Å². The minimum Gasteiger partial charge on any atom is -0.466 e. The molecule has 0 aromatic heterocycles. The largest absolute Gasteiger partial charge is 0.466 e. The van der Waals surface area contributed by atoms with Crippen molar-refractivity contribution in [2.24, 2.45) is 5.92 Å². The number of rotatable bonds is 26. The normalized spacial score (nSPS) is 11.4. The summed E-state index contributed by atoms with van der Waals surface area (Å²) in [6.07, 6.45) is 17.6. The standard InChI is InChI=1S/C27H54O5/c1-4-5-6-7-8-9-11-14-19-29-22-24-31-25-23-30-20-16-18-27(28)32-21-15-12-10-13-17-26(2)3/h26H,4-25H2,1-3H3. The summed E-state index contributed by atoms with van der Waals surface area (Å²) in [5, 5.41) is 0. The van der Waals surface area contributed by atoms with E-state index in [1.54, 1.807) is 0 Å². The molecule has 0 saturated carbocycles. The Morgan fingerprint density at radius 3 is 1.62 bits per heavy atom. The highest BCUT2D eigenvalue weighted by Gasteiger charge is 2.03. The summed E-state index contributed by atoms with van der Waals surface area (Å²) < 4.78 is 21.9. The number of carbonyl (C=O) groups excluding carboxylic acids is 1. The molecule has 32 heavy (non-hydrogen) atoms. The van der Waals surface area contributed by atoms with E-state index < -0.39 is 0 Å². The van der Waals surface area contributed by atoms with Crippen LogP contribution in [-0.2, 0) is 23.7 Å². The molecule has 0 saturated heterocycles. The summed E-state index contributed by atoms with van der Waals surface area (Å²) in [5.74, 6) is 0.672. The zero-order chi connectivity index (χ0) is 23.5. The highest BCUT2D eigenvalue weighted by atomic mass is 16.5. The maximum Gasteiger partial charge on any atom is 0.305 e. The van der Waals surface area contributed by atoms with Crippen molar-refractivity contribution in [1.82, 2.24) is 0 Å². The Morgan fingerprint density at radius 1 is 0.562 bits per heavy atom. The van der Waals surface area contributed by atoms with Crippen LogP contribution in [0.1, 0.15) is 117 Å². The molecular formula is C27H54O5. The van der Waals surface area contributed by atoms with Gasteiger partial charge in [-0.2, -0.15) is 0 Å². The molecule has 0 heterocycles. The van der Waals surface area contributed by atoms with Gasteiger partial charge < -0.3 is 18.9 Å². The maximum atomic E-state index is 11.7. The Morgan fingerprint density at radius 2 is 1.03 bits per heavy atom. The summed E-state index contributed by atoms with van der Waals surface area (Å²) in [6, 6.07) is 0. The van der Waals surface area contributed by atoms with E-state index in [4.69, 9.17) is 18.9 Å². The third kappa shape index (κ3) is 27.4. The minimum absolute atomic E-state index is 0.110. The Bertz CT molecular complexity index is 373. The van der Waals surface area contributed by atoms with Crippen molar-refractivity contribution in [3.8, 4) is 0 Å². The second kappa shape index (κ2) is 26.6. The van der Waals surface area contributed by atoms with Gasteiger partial charge in [0.2, 0.25) is 0 Å². The van der Waals surface area contributed by atoms with E-state index in [1.807, 2.05) is 0 Å². The van der Waals surface area contributed by atoms with Crippen LogP contribution in [0.5, 0.6) is 0 Å².